The van der Waals surface area contributed by atoms with Crippen LogP contribution in [0, 0.1) is 0 Å². The number of likely N-dealkylation sites (N-methyl/N-ethyl adjacent to an activating group) is 1. The van der Waals surface area contributed by atoms with Crippen molar-refractivity contribution in [2.75, 3.05) is 13.7 Å². The first-order valence-corrected chi connectivity index (χ1v) is 5.93. The maximum absolute atomic E-state index is 11.9. The Hall–Kier alpha value is -1.36. The number of hydrogen-bond donors (Lipinski definition) is 1. The van der Waals surface area contributed by atoms with Crippen LogP contribution < -0.4 is 5.32 Å². The van der Waals surface area contributed by atoms with Gasteiger partial charge in [-0.15, -0.1) is 0 Å². The number of aryl methyl sites for hydroxylation is 1. The Morgan fingerprint density at radius 2 is 2.29 bits per heavy atom. The molecule has 17 heavy (non-hydrogen) atoms. The van der Waals surface area contributed by atoms with Crippen LogP contribution in [0.15, 0.2) is 12.4 Å². The van der Waals surface area contributed by atoms with Gasteiger partial charge in [-0.2, -0.15) is 0 Å². The number of nitrogens with one attached hydrogen (secondary N) is 1. The van der Waals surface area contributed by atoms with Gasteiger partial charge in [0.15, 0.2) is 0 Å². The van der Waals surface area contributed by atoms with Gasteiger partial charge in [0.25, 0.3) is 0 Å². The minimum Gasteiger partial charge on any atom is -0.465 e. The third-order valence-corrected chi connectivity index (χ3v) is 2.88. The van der Waals surface area contributed by atoms with Crippen LogP contribution in [-0.4, -0.2) is 34.7 Å². The van der Waals surface area contributed by atoms with E-state index in [2.05, 4.69) is 10.3 Å². The van der Waals surface area contributed by atoms with Gasteiger partial charge in [-0.05, 0) is 20.9 Å². The largest absolute Gasteiger partial charge is 0.465 e. The first-order valence-electron chi connectivity index (χ1n) is 5.93. The van der Waals surface area contributed by atoms with Crippen molar-refractivity contribution in [1.82, 2.24) is 14.9 Å². The van der Waals surface area contributed by atoms with Gasteiger partial charge in [0.05, 0.1) is 13.2 Å². The summed E-state index contributed by atoms with van der Waals surface area (Å²) in [6, 6.07) is 0. The molecule has 0 radical (unpaired) electrons. The topological polar surface area (TPSA) is 56.2 Å². The minimum atomic E-state index is -0.722. The Kier molecular flexibility index (Phi) is 4.69. The van der Waals surface area contributed by atoms with Crippen LogP contribution in [0.5, 0.6) is 0 Å². The Balaban J connectivity index is 2.85. The molecule has 0 saturated carbocycles. The van der Waals surface area contributed by atoms with Crippen LogP contribution in [0.2, 0.25) is 0 Å². The molecule has 0 aliphatic rings. The monoisotopic (exact) mass is 239 g/mol. The SMILES string of the molecule is CCOC(=O)C(C)(Cn1ccnc1CC)NC. The fourth-order valence-corrected chi connectivity index (χ4v) is 1.68. The zero-order valence-electron chi connectivity index (χ0n) is 11.0. The molecular weight excluding hydrogens is 218 g/mol. The van der Waals surface area contributed by atoms with E-state index in [9.17, 15) is 4.79 Å². The molecule has 1 aromatic heterocycles. The molecule has 0 spiro atoms. The minimum absolute atomic E-state index is 0.238. The van der Waals surface area contributed by atoms with E-state index in [-0.39, 0.29) is 5.97 Å². The Labute approximate surface area is 102 Å². The molecule has 0 aliphatic heterocycles. The molecule has 0 saturated heterocycles. The molecule has 5 heteroatoms. The van der Waals surface area contributed by atoms with Gasteiger partial charge in [0, 0.05) is 18.8 Å². The van der Waals surface area contributed by atoms with Gasteiger partial charge in [-0.1, -0.05) is 6.92 Å². The van der Waals surface area contributed by atoms with Crippen molar-refractivity contribution in [3.8, 4) is 0 Å². The number of carbonyl (C=O) groups is 1. The zero-order valence-corrected chi connectivity index (χ0v) is 11.0. The molecule has 0 aromatic carbocycles. The normalized spacial score (nSPS) is 14.4. The molecule has 0 amide bonds. The summed E-state index contributed by atoms with van der Waals surface area (Å²) < 4.78 is 7.06. The molecule has 0 aliphatic carbocycles. The third kappa shape index (κ3) is 3.06. The highest BCUT2D eigenvalue weighted by molar-refractivity contribution is 5.80. The van der Waals surface area contributed by atoms with Crippen LogP contribution >= 0.6 is 0 Å². The number of imidazole rings is 1. The number of aromatic nitrogens is 2. The lowest BCUT2D eigenvalue weighted by molar-refractivity contribution is -0.150. The Morgan fingerprint density at radius 3 is 2.82 bits per heavy atom. The summed E-state index contributed by atoms with van der Waals surface area (Å²) in [4.78, 5) is 16.1. The van der Waals surface area contributed by atoms with Crippen molar-refractivity contribution in [3.63, 3.8) is 0 Å². The van der Waals surface area contributed by atoms with Crippen LogP contribution in [0.1, 0.15) is 26.6 Å². The standard InChI is InChI=1S/C12H21N3O2/c1-5-10-14-7-8-15(10)9-12(3,13-4)11(16)17-6-2/h7-8,13H,5-6,9H2,1-4H3. The predicted octanol–water partition coefficient (Wildman–Crippen LogP) is 0.987. The number of rotatable bonds is 6. The average molecular weight is 239 g/mol. The van der Waals surface area contributed by atoms with Gasteiger partial charge in [0.2, 0.25) is 0 Å². The van der Waals surface area contributed by atoms with E-state index in [0.717, 1.165) is 12.2 Å². The maximum atomic E-state index is 11.9. The van der Waals surface area contributed by atoms with Crippen LogP contribution in [-0.2, 0) is 22.5 Å². The molecule has 96 valence electrons. The van der Waals surface area contributed by atoms with E-state index in [0.29, 0.717) is 13.2 Å². The van der Waals surface area contributed by atoms with Crippen LogP contribution in [0.4, 0.5) is 0 Å². The summed E-state index contributed by atoms with van der Waals surface area (Å²) in [7, 11) is 1.76. The number of nitrogens with zero attached hydrogens (tertiary/aromatic N) is 2. The van der Waals surface area contributed by atoms with Crippen LogP contribution in [0.25, 0.3) is 0 Å². The summed E-state index contributed by atoms with van der Waals surface area (Å²) >= 11 is 0. The molecule has 1 N–H and O–H groups in total. The van der Waals surface area contributed by atoms with Gasteiger partial charge in [-0.25, -0.2) is 9.78 Å². The highest BCUT2D eigenvalue weighted by Crippen LogP contribution is 2.12. The summed E-state index contributed by atoms with van der Waals surface area (Å²) in [6.07, 6.45) is 4.48. The van der Waals surface area contributed by atoms with Gasteiger partial charge >= 0.3 is 5.97 Å². The number of carbonyl (C=O) groups excluding carboxylic acids is 1. The molecule has 1 aromatic rings. The van der Waals surface area contributed by atoms with Crippen molar-refractivity contribution >= 4 is 5.97 Å². The summed E-state index contributed by atoms with van der Waals surface area (Å²) in [6.45, 7) is 6.60. The quantitative estimate of drug-likeness (QED) is 0.752. The van der Waals surface area contributed by atoms with Gasteiger partial charge in [-0.3, -0.25) is 0 Å². The molecule has 0 bridgehead atoms. The van der Waals surface area contributed by atoms with Crippen molar-refractivity contribution in [2.24, 2.45) is 0 Å². The summed E-state index contributed by atoms with van der Waals surface area (Å²) in [5, 5.41) is 3.03. The second-order valence-corrected chi connectivity index (χ2v) is 4.13. The third-order valence-electron chi connectivity index (χ3n) is 2.88. The second-order valence-electron chi connectivity index (χ2n) is 4.13. The molecule has 1 unspecified atom stereocenters. The first kappa shape index (κ1) is 13.7. The molecule has 1 atom stereocenters. The Morgan fingerprint density at radius 1 is 1.59 bits per heavy atom. The zero-order chi connectivity index (χ0) is 12.9. The number of ether oxygens (including phenoxy) is 1. The van der Waals surface area contributed by atoms with E-state index in [4.69, 9.17) is 4.74 Å². The van der Waals surface area contributed by atoms with Crippen molar-refractivity contribution in [1.29, 1.82) is 0 Å². The van der Waals surface area contributed by atoms with E-state index in [1.165, 1.54) is 0 Å². The smallest absolute Gasteiger partial charge is 0.327 e. The number of esters is 1. The summed E-state index contributed by atoms with van der Waals surface area (Å²) in [5.41, 5.74) is -0.722. The highest BCUT2D eigenvalue weighted by atomic mass is 16.5. The van der Waals surface area contributed by atoms with Gasteiger partial charge < -0.3 is 14.6 Å². The second kappa shape index (κ2) is 5.82. The molecule has 1 heterocycles. The average Bonchev–Trinajstić information content (AvgIpc) is 2.76. The van der Waals surface area contributed by atoms with E-state index < -0.39 is 5.54 Å². The van der Waals surface area contributed by atoms with Crippen molar-refractivity contribution in [2.45, 2.75) is 39.3 Å². The molecule has 5 nitrogen and oxygen atoms in total. The lowest BCUT2D eigenvalue weighted by Gasteiger charge is -2.27. The number of hydrogen-bond acceptors (Lipinski definition) is 4. The predicted molar refractivity (Wildman–Crippen MR) is 65.7 cm³/mol. The fraction of sp³-hybridized carbons (Fsp3) is 0.667. The van der Waals surface area contributed by atoms with E-state index in [1.807, 2.05) is 31.5 Å². The van der Waals surface area contributed by atoms with Crippen molar-refractivity contribution in [3.05, 3.63) is 18.2 Å². The lowest BCUT2D eigenvalue weighted by atomic mass is 10.0. The fourth-order valence-electron chi connectivity index (χ4n) is 1.68. The van der Waals surface area contributed by atoms with E-state index in [1.54, 1.807) is 13.2 Å². The van der Waals surface area contributed by atoms with Gasteiger partial charge in [0.1, 0.15) is 11.4 Å². The lowest BCUT2D eigenvalue weighted by Crippen LogP contribution is -2.52. The highest BCUT2D eigenvalue weighted by Gasteiger charge is 2.33. The van der Waals surface area contributed by atoms with Crippen LogP contribution in [0.3, 0.4) is 0 Å². The molecule has 1 rings (SSSR count). The maximum Gasteiger partial charge on any atom is 0.327 e. The van der Waals surface area contributed by atoms with E-state index >= 15 is 0 Å². The first-order chi connectivity index (χ1) is 8.07. The van der Waals surface area contributed by atoms with Crippen molar-refractivity contribution < 1.29 is 9.53 Å². The Bertz CT molecular complexity index is 376. The molecular formula is C12H21N3O2. The molecule has 0 fully saturated rings. The summed E-state index contributed by atoms with van der Waals surface area (Å²) in [5.74, 6) is 0.731.